The fourth-order valence-corrected chi connectivity index (χ4v) is 3.07. The van der Waals surface area contributed by atoms with Crippen molar-refractivity contribution in [3.8, 4) is 0 Å². The van der Waals surface area contributed by atoms with Crippen LogP contribution in [0.3, 0.4) is 0 Å². The molecule has 1 amide bonds. The molecule has 0 N–H and O–H groups in total. The molecule has 1 aliphatic heterocycles. The van der Waals surface area contributed by atoms with Crippen LogP contribution in [0.15, 0.2) is 30.5 Å². The molecule has 2 aromatic rings. The summed E-state index contributed by atoms with van der Waals surface area (Å²) in [6.45, 7) is 5.32. The van der Waals surface area contributed by atoms with E-state index in [4.69, 9.17) is 4.74 Å². The number of nitro groups is 1. The molecule has 2 heterocycles. The minimum absolute atomic E-state index is 0.0304. The van der Waals surface area contributed by atoms with Crippen LogP contribution in [0.1, 0.15) is 13.8 Å². The van der Waals surface area contributed by atoms with Crippen molar-refractivity contribution in [3.63, 3.8) is 0 Å². The fraction of sp³-hybridized carbons (Fsp3) is 0.438. The molecule has 2 unspecified atom stereocenters. The summed E-state index contributed by atoms with van der Waals surface area (Å²) in [5, 5.41) is 11.6. The Morgan fingerprint density at radius 3 is 2.65 bits per heavy atom. The maximum Gasteiger partial charge on any atom is 0.270 e. The number of morpholine rings is 1. The van der Waals surface area contributed by atoms with Gasteiger partial charge in [-0.1, -0.05) is 0 Å². The number of non-ortho nitro benzene ring substituents is 1. The van der Waals surface area contributed by atoms with Crippen LogP contribution in [-0.4, -0.2) is 45.6 Å². The summed E-state index contributed by atoms with van der Waals surface area (Å²) in [5.74, 6) is 0.0304. The summed E-state index contributed by atoms with van der Waals surface area (Å²) in [4.78, 5) is 24.7. The number of nitrogens with zero attached hydrogens (tertiary/aromatic N) is 3. The van der Waals surface area contributed by atoms with E-state index in [0.29, 0.717) is 13.1 Å². The zero-order chi connectivity index (χ0) is 16.6. The molecule has 0 bridgehead atoms. The molecule has 1 fully saturated rings. The Bertz CT molecular complexity index is 745. The third-order valence-electron chi connectivity index (χ3n) is 4.04. The van der Waals surface area contributed by atoms with Gasteiger partial charge in [0.15, 0.2) is 0 Å². The number of amides is 1. The lowest BCUT2D eigenvalue weighted by molar-refractivity contribution is -0.384. The lowest BCUT2D eigenvalue weighted by Crippen LogP contribution is -2.49. The van der Waals surface area contributed by atoms with Crippen LogP contribution in [0.4, 0.5) is 5.69 Å². The summed E-state index contributed by atoms with van der Waals surface area (Å²) in [6, 6.07) is 6.46. The highest BCUT2D eigenvalue weighted by molar-refractivity contribution is 5.85. The van der Waals surface area contributed by atoms with E-state index in [2.05, 4.69) is 0 Å². The van der Waals surface area contributed by atoms with Crippen LogP contribution in [0.25, 0.3) is 10.9 Å². The summed E-state index contributed by atoms with van der Waals surface area (Å²) in [7, 11) is 0. The summed E-state index contributed by atoms with van der Waals surface area (Å²) in [5.41, 5.74) is 0.871. The summed E-state index contributed by atoms with van der Waals surface area (Å²) < 4.78 is 7.47. The van der Waals surface area contributed by atoms with Crippen LogP contribution < -0.4 is 0 Å². The average Bonchev–Trinajstić information content (AvgIpc) is 2.88. The summed E-state index contributed by atoms with van der Waals surface area (Å²) >= 11 is 0. The van der Waals surface area contributed by atoms with Gasteiger partial charge in [-0.3, -0.25) is 14.9 Å². The van der Waals surface area contributed by atoms with Crippen molar-refractivity contribution in [3.05, 3.63) is 40.6 Å². The molecule has 0 saturated carbocycles. The van der Waals surface area contributed by atoms with Crippen LogP contribution in [-0.2, 0) is 16.1 Å². The second kappa shape index (κ2) is 6.00. The van der Waals surface area contributed by atoms with Crippen molar-refractivity contribution in [2.24, 2.45) is 0 Å². The van der Waals surface area contributed by atoms with E-state index in [1.54, 1.807) is 18.3 Å². The fourth-order valence-electron chi connectivity index (χ4n) is 3.07. The first kappa shape index (κ1) is 15.5. The number of nitro benzene ring substituents is 1. The van der Waals surface area contributed by atoms with Crippen molar-refractivity contribution in [1.29, 1.82) is 0 Å². The van der Waals surface area contributed by atoms with Crippen LogP contribution >= 0.6 is 0 Å². The van der Waals surface area contributed by atoms with Crippen molar-refractivity contribution >= 4 is 22.5 Å². The maximum atomic E-state index is 12.5. The second-order valence-electron chi connectivity index (χ2n) is 6.00. The maximum absolute atomic E-state index is 12.5. The Labute approximate surface area is 133 Å². The van der Waals surface area contributed by atoms with Gasteiger partial charge in [-0.15, -0.1) is 0 Å². The summed E-state index contributed by atoms with van der Waals surface area (Å²) in [6.07, 6.45) is 1.86. The second-order valence-corrected chi connectivity index (χ2v) is 6.00. The monoisotopic (exact) mass is 317 g/mol. The highest BCUT2D eigenvalue weighted by Crippen LogP contribution is 2.22. The topological polar surface area (TPSA) is 77.6 Å². The van der Waals surface area contributed by atoms with E-state index in [1.165, 1.54) is 12.1 Å². The first-order valence-corrected chi connectivity index (χ1v) is 7.60. The number of ether oxygens (including phenoxy) is 1. The Kier molecular flexibility index (Phi) is 4.04. The Balaban J connectivity index is 1.78. The molecular formula is C16H19N3O4. The number of aromatic nitrogens is 1. The van der Waals surface area contributed by atoms with E-state index in [-0.39, 0.29) is 30.3 Å². The minimum Gasteiger partial charge on any atom is -0.372 e. The van der Waals surface area contributed by atoms with Gasteiger partial charge in [-0.2, -0.15) is 0 Å². The first-order chi connectivity index (χ1) is 10.9. The highest BCUT2D eigenvalue weighted by atomic mass is 16.6. The van der Waals surface area contributed by atoms with E-state index in [1.807, 2.05) is 23.3 Å². The number of hydrogen-bond donors (Lipinski definition) is 0. The van der Waals surface area contributed by atoms with Gasteiger partial charge in [-0.05, 0) is 26.0 Å². The number of rotatable bonds is 3. The zero-order valence-electron chi connectivity index (χ0n) is 13.1. The lowest BCUT2D eigenvalue weighted by atomic mass is 10.2. The van der Waals surface area contributed by atoms with Gasteiger partial charge >= 0.3 is 0 Å². The van der Waals surface area contributed by atoms with Gasteiger partial charge in [0.05, 0.1) is 17.1 Å². The molecule has 23 heavy (non-hydrogen) atoms. The Morgan fingerprint density at radius 2 is 2.00 bits per heavy atom. The normalized spacial score (nSPS) is 21.6. The molecule has 0 spiro atoms. The van der Waals surface area contributed by atoms with Gasteiger partial charge < -0.3 is 14.2 Å². The molecule has 2 atom stereocenters. The molecule has 1 aliphatic rings. The number of fused-ring (bicyclic) bond motifs is 1. The number of hydrogen-bond acceptors (Lipinski definition) is 4. The molecular weight excluding hydrogens is 298 g/mol. The predicted octanol–water partition coefficient (Wildman–Crippen LogP) is 2.19. The van der Waals surface area contributed by atoms with Crippen molar-refractivity contribution < 1.29 is 14.5 Å². The van der Waals surface area contributed by atoms with E-state index >= 15 is 0 Å². The van der Waals surface area contributed by atoms with E-state index in [9.17, 15) is 14.9 Å². The van der Waals surface area contributed by atoms with Gasteiger partial charge in [-0.25, -0.2) is 0 Å². The molecule has 0 aliphatic carbocycles. The van der Waals surface area contributed by atoms with E-state index < -0.39 is 4.92 Å². The third-order valence-corrected chi connectivity index (χ3v) is 4.04. The standard InChI is InChI=1S/C16H19N3O4/c1-11-8-18(9-12(2)23-11)16(20)10-17-6-5-13-7-14(19(21)22)3-4-15(13)17/h3-7,11-12H,8-10H2,1-2H3. The molecule has 7 heteroatoms. The highest BCUT2D eigenvalue weighted by Gasteiger charge is 2.26. The predicted molar refractivity (Wildman–Crippen MR) is 85.2 cm³/mol. The molecule has 1 aromatic carbocycles. The van der Waals surface area contributed by atoms with Gasteiger partial charge in [0, 0.05) is 42.3 Å². The van der Waals surface area contributed by atoms with Gasteiger partial charge in [0.25, 0.3) is 5.69 Å². The SMILES string of the molecule is CC1CN(C(=O)Cn2ccc3cc([N+](=O)[O-])ccc32)CC(C)O1. The zero-order valence-corrected chi connectivity index (χ0v) is 13.1. The minimum atomic E-state index is -0.418. The Hall–Kier alpha value is -2.41. The van der Waals surface area contributed by atoms with Crippen LogP contribution in [0.2, 0.25) is 0 Å². The lowest BCUT2D eigenvalue weighted by Gasteiger charge is -2.35. The number of carbonyl (C=O) groups excluding carboxylic acids is 1. The van der Waals surface area contributed by atoms with Crippen molar-refractivity contribution in [2.45, 2.75) is 32.6 Å². The van der Waals surface area contributed by atoms with Gasteiger partial charge in [0.2, 0.25) is 5.91 Å². The number of benzene rings is 1. The third kappa shape index (κ3) is 3.19. The van der Waals surface area contributed by atoms with Gasteiger partial charge in [0.1, 0.15) is 6.54 Å². The smallest absolute Gasteiger partial charge is 0.270 e. The largest absolute Gasteiger partial charge is 0.372 e. The molecule has 1 aromatic heterocycles. The van der Waals surface area contributed by atoms with Crippen LogP contribution in [0.5, 0.6) is 0 Å². The first-order valence-electron chi connectivity index (χ1n) is 7.60. The quantitative estimate of drug-likeness (QED) is 0.642. The van der Waals surface area contributed by atoms with Crippen molar-refractivity contribution in [1.82, 2.24) is 9.47 Å². The molecule has 1 saturated heterocycles. The van der Waals surface area contributed by atoms with E-state index in [0.717, 1.165) is 10.9 Å². The van der Waals surface area contributed by atoms with Crippen molar-refractivity contribution in [2.75, 3.05) is 13.1 Å². The molecule has 7 nitrogen and oxygen atoms in total. The number of carbonyl (C=O) groups is 1. The molecule has 0 radical (unpaired) electrons. The average molecular weight is 317 g/mol. The molecule has 3 rings (SSSR count). The van der Waals surface area contributed by atoms with Crippen LogP contribution in [0, 0.1) is 10.1 Å². The molecule has 122 valence electrons. The Morgan fingerprint density at radius 1 is 1.30 bits per heavy atom.